The number of piperidine rings is 1. The molecule has 1 aromatic heterocycles. The fourth-order valence-electron chi connectivity index (χ4n) is 4.32. The lowest BCUT2D eigenvalue weighted by atomic mass is 9.83. The molecule has 3 atom stereocenters. The summed E-state index contributed by atoms with van der Waals surface area (Å²) in [7, 11) is 0. The smallest absolute Gasteiger partial charge is 0.341 e. The van der Waals surface area contributed by atoms with Crippen LogP contribution in [-0.4, -0.2) is 36.8 Å². The van der Waals surface area contributed by atoms with Crippen LogP contribution in [0.3, 0.4) is 0 Å². The molecule has 5 nitrogen and oxygen atoms in total. The molecule has 2 aromatic rings. The number of carbonyl (C=O) groups excluding carboxylic acids is 1. The molecule has 0 saturated carbocycles. The van der Waals surface area contributed by atoms with Crippen molar-refractivity contribution < 1.29 is 18.8 Å². The Kier molecular flexibility index (Phi) is 4.59. The van der Waals surface area contributed by atoms with E-state index in [1.807, 2.05) is 16.7 Å². The Bertz CT molecular complexity index is 879. The van der Waals surface area contributed by atoms with Crippen molar-refractivity contribution in [3.63, 3.8) is 0 Å². The van der Waals surface area contributed by atoms with Crippen LogP contribution in [0.15, 0.2) is 47.3 Å². The molecular weight excluding hydrogens is 335 g/mol. The molecule has 4 rings (SSSR count). The van der Waals surface area contributed by atoms with Crippen molar-refractivity contribution in [2.45, 2.75) is 18.9 Å². The predicted molar refractivity (Wildman–Crippen MR) is 93.8 cm³/mol. The minimum Gasteiger partial charge on any atom is -0.456 e. The summed E-state index contributed by atoms with van der Waals surface area (Å²) in [6.07, 6.45) is 1.11. The van der Waals surface area contributed by atoms with E-state index in [-0.39, 0.29) is 17.7 Å². The van der Waals surface area contributed by atoms with E-state index in [1.165, 1.54) is 17.0 Å². The van der Waals surface area contributed by atoms with Crippen molar-refractivity contribution in [1.82, 2.24) is 4.57 Å². The van der Waals surface area contributed by atoms with Crippen LogP contribution in [-0.2, 0) is 11.3 Å². The van der Waals surface area contributed by atoms with Gasteiger partial charge in [0, 0.05) is 30.1 Å². The molecule has 0 amide bonds. The van der Waals surface area contributed by atoms with Crippen LogP contribution in [0.25, 0.3) is 0 Å². The number of pyridine rings is 1. The Morgan fingerprint density at radius 3 is 2.88 bits per heavy atom. The summed E-state index contributed by atoms with van der Waals surface area (Å²) in [6.45, 7) is 3.63. The number of likely N-dealkylation sites (tertiary alicyclic amines) is 1. The number of carbonyl (C=O) groups is 1. The first-order chi connectivity index (χ1) is 12.6. The Hall–Kier alpha value is -2.47. The number of quaternary nitrogens is 1. The highest BCUT2D eigenvalue weighted by Gasteiger charge is 2.36. The third kappa shape index (κ3) is 3.29. The summed E-state index contributed by atoms with van der Waals surface area (Å²) >= 11 is 0. The van der Waals surface area contributed by atoms with E-state index in [9.17, 15) is 14.0 Å². The van der Waals surface area contributed by atoms with Gasteiger partial charge < -0.3 is 14.2 Å². The van der Waals surface area contributed by atoms with Gasteiger partial charge in [-0.15, -0.1) is 0 Å². The van der Waals surface area contributed by atoms with E-state index in [0.29, 0.717) is 18.4 Å². The quantitative estimate of drug-likeness (QED) is 0.826. The number of nitrogens with one attached hydrogen (secondary N) is 1. The molecule has 1 saturated heterocycles. The number of ether oxygens (including phenoxy) is 1. The Morgan fingerprint density at radius 1 is 1.19 bits per heavy atom. The molecule has 3 heterocycles. The van der Waals surface area contributed by atoms with E-state index < -0.39 is 11.8 Å². The van der Waals surface area contributed by atoms with Crippen LogP contribution in [0.5, 0.6) is 0 Å². The van der Waals surface area contributed by atoms with Gasteiger partial charge in [0.2, 0.25) is 0 Å². The number of hydrogen-bond donors (Lipinski definition) is 1. The number of nitrogens with zero attached hydrogens (tertiary/aromatic N) is 1. The van der Waals surface area contributed by atoms with Crippen LogP contribution < -0.4 is 10.5 Å². The standard InChI is InChI=1S/C20H21FN2O3/c21-17-5-2-1-4-16(17)20(25)26-9-8-22-11-14-10-15(13-22)18-6-3-7-19(24)23(18)12-14/h1-7,14-15H,8-13H2/p+1/t14-,15+/m0/s1. The molecule has 26 heavy (non-hydrogen) atoms. The number of esters is 1. The molecule has 2 aliphatic rings. The van der Waals surface area contributed by atoms with Crippen LogP contribution in [0, 0.1) is 11.7 Å². The lowest BCUT2D eigenvalue weighted by Crippen LogP contribution is -3.15. The SMILES string of the molecule is O=C(OCC[NH+]1C[C@@H]2C[C@H](C1)c1cccc(=O)n1C2)c1ccccc1F. The number of halogens is 1. The number of fused-ring (bicyclic) bond motifs is 4. The fourth-order valence-corrected chi connectivity index (χ4v) is 4.32. The maximum atomic E-state index is 13.6. The van der Waals surface area contributed by atoms with E-state index in [4.69, 9.17) is 4.74 Å². The first-order valence-corrected chi connectivity index (χ1v) is 9.07. The molecule has 6 heteroatoms. The van der Waals surface area contributed by atoms with E-state index >= 15 is 0 Å². The van der Waals surface area contributed by atoms with E-state index in [2.05, 4.69) is 0 Å². The van der Waals surface area contributed by atoms with Gasteiger partial charge in [-0.2, -0.15) is 0 Å². The second-order valence-corrected chi connectivity index (χ2v) is 7.22. The van der Waals surface area contributed by atoms with Crippen LogP contribution in [0.4, 0.5) is 4.39 Å². The number of rotatable bonds is 4. The highest BCUT2D eigenvalue weighted by Crippen LogP contribution is 2.29. The molecule has 1 aromatic carbocycles. The van der Waals surface area contributed by atoms with Gasteiger partial charge in [-0.25, -0.2) is 9.18 Å². The van der Waals surface area contributed by atoms with E-state index in [1.54, 1.807) is 18.2 Å². The summed E-state index contributed by atoms with van der Waals surface area (Å²) in [5.41, 5.74) is 1.18. The Balaban J connectivity index is 1.36. The molecule has 1 fully saturated rings. The molecule has 0 radical (unpaired) electrons. The first-order valence-electron chi connectivity index (χ1n) is 9.07. The minimum atomic E-state index is -0.614. The summed E-state index contributed by atoms with van der Waals surface area (Å²) in [4.78, 5) is 25.4. The lowest BCUT2D eigenvalue weighted by molar-refractivity contribution is -0.911. The third-order valence-electron chi connectivity index (χ3n) is 5.46. The van der Waals surface area contributed by atoms with Gasteiger partial charge in [0.05, 0.1) is 18.7 Å². The lowest BCUT2D eigenvalue weighted by Gasteiger charge is -2.40. The van der Waals surface area contributed by atoms with Crippen LogP contribution in [0.1, 0.15) is 28.4 Å². The number of benzene rings is 1. The van der Waals surface area contributed by atoms with Crippen molar-refractivity contribution in [3.8, 4) is 0 Å². The van der Waals surface area contributed by atoms with Crippen molar-refractivity contribution in [2.75, 3.05) is 26.2 Å². The maximum Gasteiger partial charge on any atom is 0.341 e. The van der Waals surface area contributed by atoms with Gasteiger partial charge in [0.15, 0.2) is 0 Å². The van der Waals surface area contributed by atoms with Gasteiger partial charge >= 0.3 is 5.97 Å². The molecule has 1 unspecified atom stereocenters. The van der Waals surface area contributed by atoms with Gasteiger partial charge in [-0.1, -0.05) is 18.2 Å². The zero-order valence-corrected chi connectivity index (χ0v) is 14.5. The van der Waals surface area contributed by atoms with Crippen LogP contribution in [0.2, 0.25) is 0 Å². The molecular formula is C20H22FN2O3+. The molecule has 2 aliphatic heterocycles. The Labute approximate surface area is 151 Å². The highest BCUT2D eigenvalue weighted by atomic mass is 19.1. The zero-order valence-electron chi connectivity index (χ0n) is 14.5. The average molecular weight is 357 g/mol. The summed E-state index contributed by atoms with van der Waals surface area (Å²) in [5, 5.41) is 0. The summed E-state index contributed by atoms with van der Waals surface area (Å²) in [6, 6.07) is 11.4. The fraction of sp³-hybridized carbons (Fsp3) is 0.400. The van der Waals surface area contributed by atoms with Gasteiger partial charge in [0.25, 0.3) is 5.56 Å². The molecule has 136 valence electrons. The molecule has 1 N–H and O–H groups in total. The second-order valence-electron chi connectivity index (χ2n) is 7.22. The second kappa shape index (κ2) is 7.03. The summed E-state index contributed by atoms with van der Waals surface area (Å²) in [5.74, 6) is -0.330. The minimum absolute atomic E-state index is 0.0219. The highest BCUT2D eigenvalue weighted by molar-refractivity contribution is 5.89. The number of aromatic nitrogens is 1. The molecule has 0 spiro atoms. The van der Waals surface area contributed by atoms with Crippen molar-refractivity contribution in [2.24, 2.45) is 5.92 Å². The third-order valence-corrected chi connectivity index (χ3v) is 5.46. The molecule has 0 aliphatic carbocycles. The van der Waals surface area contributed by atoms with Gasteiger partial charge in [0.1, 0.15) is 19.0 Å². The topological polar surface area (TPSA) is 52.7 Å². The van der Waals surface area contributed by atoms with Crippen molar-refractivity contribution in [3.05, 3.63) is 69.9 Å². The Morgan fingerprint density at radius 2 is 2.04 bits per heavy atom. The van der Waals surface area contributed by atoms with Crippen molar-refractivity contribution in [1.29, 1.82) is 0 Å². The van der Waals surface area contributed by atoms with Crippen molar-refractivity contribution >= 4 is 5.97 Å². The summed E-state index contributed by atoms with van der Waals surface area (Å²) < 4.78 is 20.8. The number of hydrogen-bond acceptors (Lipinski definition) is 3. The average Bonchev–Trinajstić information content (AvgIpc) is 2.63. The zero-order chi connectivity index (χ0) is 18.1. The van der Waals surface area contributed by atoms with Gasteiger partial charge in [-0.05, 0) is 24.6 Å². The maximum absolute atomic E-state index is 13.6. The van der Waals surface area contributed by atoms with Gasteiger partial charge in [-0.3, -0.25) is 4.79 Å². The predicted octanol–water partition coefficient (Wildman–Crippen LogP) is 0.846. The van der Waals surface area contributed by atoms with E-state index in [0.717, 1.165) is 31.7 Å². The monoisotopic (exact) mass is 357 g/mol. The normalized spacial score (nSPS) is 24.0. The largest absolute Gasteiger partial charge is 0.456 e. The van der Waals surface area contributed by atoms with Crippen LogP contribution >= 0.6 is 0 Å². The first kappa shape index (κ1) is 17.0. The molecule has 2 bridgehead atoms.